The van der Waals surface area contributed by atoms with Crippen molar-refractivity contribution in [3.05, 3.63) is 47.2 Å². The normalized spacial score (nSPS) is 18.6. The third-order valence-electron chi connectivity index (χ3n) is 2.63. The summed E-state index contributed by atoms with van der Waals surface area (Å²) in [4.78, 5) is 11.9. The molecule has 1 aromatic rings. The maximum atomic E-state index is 11.9. The first kappa shape index (κ1) is 11.7. The van der Waals surface area contributed by atoms with Gasteiger partial charge < -0.3 is 9.47 Å². The fourth-order valence-corrected chi connectivity index (χ4v) is 1.88. The number of hydrogen-bond donors (Lipinski definition) is 0. The molecule has 0 fully saturated rings. The average molecular weight is 232 g/mol. The largest absolute Gasteiger partial charge is 0.457 e. The molecule has 1 aliphatic heterocycles. The van der Waals surface area contributed by atoms with E-state index < -0.39 is 5.79 Å². The van der Waals surface area contributed by atoms with Crippen LogP contribution < -0.4 is 0 Å². The molecule has 1 heterocycles. The lowest BCUT2D eigenvalue weighted by atomic mass is 10.0. The third-order valence-corrected chi connectivity index (χ3v) is 2.63. The van der Waals surface area contributed by atoms with Crippen LogP contribution in [0.1, 0.15) is 26.3 Å². The molecule has 17 heavy (non-hydrogen) atoms. The Kier molecular flexibility index (Phi) is 2.92. The van der Waals surface area contributed by atoms with Gasteiger partial charge in [-0.05, 0) is 12.5 Å². The molecule has 0 atom stereocenters. The molecule has 2 rings (SSSR count). The fourth-order valence-electron chi connectivity index (χ4n) is 1.88. The summed E-state index contributed by atoms with van der Waals surface area (Å²) in [5.74, 6) is -0.501. The van der Waals surface area contributed by atoms with Crippen molar-refractivity contribution >= 4 is 5.97 Å². The van der Waals surface area contributed by atoms with E-state index in [0.29, 0.717) is 17.8 Å². The molecule has 0 N–H and O–H groups in total. The maximum Gasteiger partial charge on any atom is 0.341 e. The summed E-state index contributed by atoms with van der Waals surface area (Å²) < 4.78 is 10.8. The monoisotopic (exact) mass is 232 g/mol. The van der Waals surface area contributed by atoms with E-state index in [-0.39, 0.29) is 5.97 Å². The van der Waals surface area contributed by atoms with E-state index in [2.05, 4.69) is 0 Å². The van der Waals surface area contributed by atoms with Crippen LogP contribution in [-0.4, -0.2) is 11.8 Å². The van der Waals surface area contributed by atoms with Crippen LogP contribution >= 0.6 is 0 Å². The second-order valence-electron chi connectivity index (χ2n) is 4.59. The lowest BCUT2D eigenvalue weighted by molar-refractivity contribution is -0.207. The number of ether oxygens (including phenoxy) is 2. The first-order valence-electron chi connectivity index (χ1n) is 5.64. The van der Waals surface area contributed by atoms with E-state index in [9.17, 15) is 4.79 Å². The summed E-state index contributed by atoms with van der Waals surface area (Å²) in [5.41, 5.74) is 1.66. The standard InChI is InChI=1S/C14H16O3/c1-10-12(9-11-7-5-4-6-8-11)13(15)17-14(2,3)16-10/h4-8H,9H2,1-3H3. The van der Waals surface area contributed by atoms with Crippen LogP contribution in [0.25, 0.3) is 0 Å². The Bertz CT molecular complexity index is 458. The SMILES string of the molecule is CC1=C(Cc2ccccc2)C(=O)OC(C)(C)O1. The van der Waals surface area contributed by atoms with Gasteiger partial charge in [-0.3, -0.25) is 0 Å². The summed E-state index contributed by atoms with van der Waals surface area (Å²) in [5, 5.41) is 0. The van der Waals surface area contributed by atoms with Gasteiger partial charge in [0.2, 0.25) is 5.79 Å². The molecule has 0 amide bonds. The Morgan fingerprint density at radius 2 is 1.76 bits per heavy atom. The quantitative estimate of drug-likeness (QED) is 0.735. The minimum Gasteiger partial charge on any atom is -0.457 e. The van der Waals surface area contributed by atoms with Gasteiger partial charge in [-0.1, -0.05) is 30.3 Å². The molecule has 1 aromatic carbocycles. The second kappa shape index (κ2) is 4.24. The first-order valence-corrected chi connectivity index (χ1v) is 5.64. The van der Waals surface area contributed by atoms with E-state index in [1.54, 1.807) is 20.8 Å². The van der Waals surface area contributed by atoms with Crippen LogP contribution in [0.3, 0.4) is 0 Å². The van der Waals surface area contributed by atoms with Crippen LogP contribution in [0.15, 0.2) is 41.7 Å². The van der Waals surface area contributed by atoms with E-state index in [1.807, 2.05) is 30.3 Å². The zero-order valence-electron chi connectivity index (χ0n) is 10.3. The molecule has 0 spiro atoms. The van der Waals surface area contributed by atoms with E-state index in [0.717, 1.165) is 5.56 Å². The Hall–Kier alpha value is -1.77. The predicted octanol–water partition coefficient (Wildman–Crippen LogP) is 2.81. The van der Waals surface area contributed by atoms with Gasteiger partial charge in [-0.15, -0.1) is 0 Å². The summed E-state index contributed by atoms with van der Waals surface area (Å²) in [6.07, 6.45) is 0.543. The molecular weight excluding hydrogens is 216 g/mol. The Morgan fingerprint density at radius 3 is 2.35 bits per heavy atom. The van der Waals surface area contributed by atoms with Crippen LogP contribution in [0.2, 0.25) is 0 Å². The van der Waals surface area contributed by atoms with Crippen LogP contribution in [0, 0.1) is 0 Å². The Balaban J connectivity index is 2.24. The van der Waals surface area contributed by atoms with E-state index >= 15 is 0 Å². The highest BCUT2D eigenvalue weighted by Crippen LogP contribution is 2.27. The molecular formula is C14H16O3. The first-order chi connectivity index (χ1) is 7.98. The second-order valence-corrected chi connectivity index (χ2v) is 4.59. The lowest BCUT2D eigenvalue weighted by Crippen LogP contribution is -2.36. The molecule has 1 aliphatic rings. The topological polar surface area (TPSA) is 35.5 Å². The highest BCUT2D eigenvalue weighted by Gasteiger charge is 2.33. The van der Waals surface area contributed by atoms with Crippen molar-refractivity contribution in [1.82, 2.24) is 0 Å². The van der Waals surface area contributed by atoms with Crippen LogP contribution in [-0.2, 0) is 20.7 Å². The Labute approximate surface area is 101 Å². The summed E-state index contributed by atoms with van der Waals surface area (Å²) in [6, 6.07) is 9.80. The molecule has 3 nitrogen and oxygen atoms in total. The van der Waals surface area contributed by atoms with Gasteiger partial charge in [-0.2, -0.15) is 0 Å². The smallest absolute Gasteiger partial charge is 0.341 e. The van der Waals surface area contributed by atoms with Gasteiger partial charge >= 0.3 is 5.97 Å². The number of hydrogen-bond acceptors (Lipinski definition) is 3. The zero-order valence-corrected chi connectivity index (χ0v) is 10.3. The highest BCUT2D eigenvalue weighted by molar-refractivity contribution is 5.90. The number of cyclic esters (lactones) is 1. The number of esters is 1. The minimum atomic E-state index is -0.860. The van der Waals surface area contributed by atoms with Crippen molar-refractivity contribution in [3.8, 4) is 0 Å². The van der Waals surface area contributed by atoms with Crippen molar-refractivity contribution in [3.63, 3.8) is 0 Å². The van der Waals surface area contributed by atoms with E-state index in [4.69, 9.17) is 9.47 Å². The van der Waals surface area contributed by atoms with E-state index in [1.165, 1.54) is 0 Å². The molecule has 0 aliphatic carbocycles. The van der Waals surface area contributed by atoms with Crippen molar-refractivity contribution in [2.24, 2.45) is 0 Å². The molecule has 0 bridgehead atoms. The number of benzene rings is 1. The molecule has 3 heteroatoms. The number of carbonyl (C=O) groups is 1. The van der Waals surface area contributed by atoms with Gasteiger partial charge in [-0.25, -0.2) is 4.79 Å². The maximum absolute atomic E-state index is 11.9. The van der Waals surface area contributed by atoms with Gasteiger partial charge in [0, 0.05) is 20.3 Å². The number of carbonyl (C=O) groups excluding carboxylic acids is 1. The van der Waals surface area contributed by atoms with Crippen LogP contribution in [0.4, 0.5) is 0 Å². The summed E-state index contributed by atoms with van der Waals surface area (Å²) in [6.45, 7) is 5.27. The van der Waals surface area contributed by atoms with Crippen LogP contribution in [0.5, 0.6) is 0 Å². The summed E-state index contributed by atoms with van der Waals surface area (Å²) >= 11 is 0. The van der Waals surface area contributed by atoms with Gasteiger partial charge in [0.1, 0.15) is 5.76 Å². The number of rotatable bonds is 2. The molecule has 0 radical (unpaired) electrons. The third kappa shape index (κ3) is 2.67. The number of allylic oxidation sites excluding steroid dienone is 1. The van der Waals surface area contributed by atoms with Crippen molar-refractivity contribution in [1.29, 1.82) is 0 Å². The fraction of sp³-hybridized carbons (Fsp3) is 0.357. The zero-order chi connectivity index (χ0) is 12.5. The molecule has 90 valence electrons. The Morgan fingerprint density at radius 1 is 1.12 bits per heavy atom. The predicted molar refractivity (Wildman–Crippen MR) is 64.1 cm³/mol. The summed E-state index contributed by atoms with van der Waals surface area (Å²) in [7, 11) is 0. The van der Waals surface area contributed by atoms with Crippen molar-refractivity contribution < 1.29 is 14.3 Å². The minimum absolute atomic E-state index is 0.289. The highest BCUT2D eigenvalue weighted by atomic mass is 16.7. The molecule has 0 aromatic heterocycles. The van der Waals surface area contributed by atoms with Crippen molar-refractivity contribution in [2.75, 3.05) is 0 Å². The molecule has 0 unspecified atom stereocenters. The lowest BCUT2D eigenvalue weighted by Gasteiger charge is -2.32. The van der Waals surface area contributed by atoms with Gasteiger partial charge in [0.15, 0.2) is 0 Å². The van der Waals surface area contributed by atoms with Gasteiger partial charge in [0.25, 0.3) is 0 Å². The van der Waals surface area contributed by atoms with Gasteiger partial charge in [0.05, 0.1) is 5.57 Å². The molecule has 0 saturated carbocycles. The molecule has 0 saturated heterocycles. The van der Waals surface area contributed by atoms with Crippen molar-refractivity contribution in [2.45, 2.75) is 33.0 Å². The average Bonchev–Trinajstić information content (AvgIpc) is 2.24.